The molecule has 1 aromatic rings. The summed E-state index contributed by atoms with van der Waals surface area (Å²) in [5.41, 5.74) is 2.58. The van der Waals surface area contributed by atoms with Gasteiger partial charge in [0, 0.05) is 17.7 Å². The number of anilines is 1. The quantitative estimate of drug-likeness (QED) is 0.763. The number of rotatable bonds is 5. The van der Waals surface area contributed by atoms with Crippen molar-refractivity contribution in [1.29, 1.82) is 0 Å². The molecular weight excluding hydrogens is 210 g/mol. The molecule has 78 valence electrons. The molecule has 0 aromatic heterocycles. The van der Waals surface area contributed by atoms with Crippen LogP contribution in [-0.4, -0.2) is 11.5 Å². The number of benzene rings is 1. The fraction of sp³-hybridized carbons (Fsp3) is 0.455. The lowest BCUT2D eigenvalue weighted by Crippen LogP contribution is -1.89. The molecule has 0 spiro atoms. The van der Waals surface area contributed by atoms with Crippen LogP contribution in [0.1, 0.15) is 19.4 Å². The Morgan fingerprint density at radius 1 is 1.21 bits per heavy atom. The largest absolute Gasteiger partial charge is 0.330 e. The third-order valence-corrected chi connectivity index (χ3v) is 3.36. The van der Waals surface area contributed by atoms with E-state index in [2.05, 4.69) is 42.8 Å². The normalized spacial score (nSPS) is 10.6. The molecule has 0 aliphatic carbocycles. The topological polar surface area (TPSA) is 12.0 Å². The average molecular weight is 227 g/mol. The first kappa shape index (κ1) is 11.8. The van der Waals surface area contributed by atoms with E-state index in [9.17, 15) is 0 Å². The van der Waals surface area contributed by atoms with Crippen molar-refractivity contribution in [3.8, 4) is 0 Å². The molecule has 1 rings (SSSR count). The molecule has 0 saturated heterocycles. The maximum Gasteiger partial charge on any atom is 0.0440 e. The molecule has 1 N–H and O–H groups in total. The molecule has 0 unspecified atom stereocenters. The molecule has 0 bridgehead atoms. The van der Waals surface area contributed by atoms with Gasteiger partial charge < -0.3 is 4.72 Å². The van der Waals surface area contributed by atoms with Gasteiger partial charge in [-0.25, -0.2) is 0 Å². The van der Waals surface area contributed by atoms with E-state index < -0.39 is 0 Å². The van der Waals surface area contributed by atoms with Crippen molar-refractivity contribution in [2.24, 2.45) is 0 Å². The van der Waals surface area contributed by atoms with Gasteiger partial charge in [0.25, 0.3) is 0 Å². The highest BCUT2D eigenvalue weighted by molar-refractivity contribution is 7.99. The lowest BCUT2D eigenvalue weighted by molar-refractivity contribution is 1.11. The molecule has 0 aliphatic rings. The Kier molecular flexibility index (Phi) is 5.26. The van der Waals surface area contributed by atoms with Crippen LogP contribution in [0, 0.1) is 0 Å². The molecule has 0 aliphatic heterocycles. The summed E-state index contributed by atoms with van der Waals surface area (Å²) in [6.45, 7) is 4.46. The first-order valence-electron chi connectivity index (χ1n) is 4.72. The van der Waals surface area contributed by atoms with Crippen LogP contribution in [-0.2, 0) is 5.75 Å². The molecular formula is C11H17NS2. The van der Waals surface area contributed by atoms with Crippen LogP contribution in [0.5, 0.6) is 0 Å². The van der Waals surface area contributed by atoms with Gasteiger partial charge in [0.05, 0.1) is 0 Å². The van der Waals surface area contributed by atoms with Gasteiger partial charge in [0.15, 0.2) is 0 Å². The summed E-state index contributed by atoms with van der Waals surface area (Å²) in [4.78, 5) is 0. The van der Waals surface area contributed by atoms with Gasteiger partial charge in [-0.1, -0.05) is 37.9 Å². The highest BCUT2D eigenvalue weighted by atomic mass is 32.2. The van der Waals surface area contributed by atoms with Gasteiger partial charge in [-0.05, 0) is 22.9 Å². The number of nitrogens with one attached hydrogen (secondary N) is 1. The van der Waals surface area contributed by atoms with Crippen molar-refractivity contribution < 1.29 is 0 Å². The fourth-order valence-corrected chi connectivity index (χ4v) is 2.14. The van der Waals surface area contributed by atoms with Crippen LogP contribution in [0.3, 0.4) is 0 Å². The molecule has 0 heterocycles. The molecule has 1 nitrogen and oxygen atoms in total. The lowest BCUT2D eigenvalue weighted by Gasteiger charge is -2.06. The molecule has 0 radical (unpaired) electrons. The van der Waals surface area contributed by atoms with Crippen molar-refractivity contribution in [2.45, 2.75) is 24.9 Å². The van der Waals surface area contributed by atoms with Crippen LogP contribution in [0.2, 0.25) is 0 Å². The SMILES string of the molecule is CSNc1ccc(CSC(C)C)cc1. The third kappa shape index (κ3) is 4.29. The Labute approximate surface area is 95.2 Å². The van der Waals surface area contributed by atoms with Crippen LogP contribution in [0.15, 0.2) is 24.3 Å². The summed E-state index contributed by atoms with van der Waals surface area (Å²) in [7, 11) is 0. The smallest absolute Gasteiger partial charge is 0.0440 e. The van der Waals surface area contributed by atoms with Crippen LogP contribution >= 0.6 is 23.7 Å². The monoisotopic (exact) mass is 227 g/mol. The van der Waals surface area contributed by atoms with E-state index in [1.165, 1.54) is 11.3 Å². The van der Waals surface area contributed by atoms with Gasteiger partial charge >= 0.3 is 0 Å². The Balaban J connectivity index is 2.46. The number of hydrogen-bond donors (Lipinski definition) is 1. The van der Waals surface area contributed by atoms with Gasteiger partial charge in [-0.2, -0.15) is 11.8 Å². The molecule has 14 heavy (non-hydrogen) atoms. The maximum atomic E-state index is 3.21. The second-order valence-corrected chi connectivity index (χ2v) is 5.54. The van der Waals surface area contributed by atoms with Gasteiger partial charge in [0.2, 0.25) is 0 Å². The zero-order valence-electron chi connectivity index (χ0n) is 8.91. The van der Waals surface area contributed by atoms with Crippen LogP contribution in [0.4, 0.5) is 5.69 Å². The zero-order valence-corrected chi connectivity index (χ0v) is 10.5. The van der Waals surface area contributed by atoms with E-state index >= 15 is 0 Å². The second-order valence-electron chi connectivity index (χ2n) is 3.36. The molecule has 3 heteroatoms. The first-order valence-corrected chi connectivity index (χ1v) is 6.99. The number of hydrogen-bond acceptors (Lipinski definition) is 3. The Morgan fingerprint density at radius 2 is 1.86 bits per heavy atom. The highest BCUT2D eigenvalue weighted by Crippen LogP contribution is 2.19. The summed E-state index contributed by atoms with van der Waals surface area (Å²) in [5.74, 6) is 1.11. The Bertz CT molecular complexity index is 256. The zero-order chi connectivity index (χ0) is 10.4. The Morgan fingerprint density at radius 3 is 2.36 bits per heavy atom. The minimum absolute atomic E-state index is 0.707. The molecule has 1 aromatic carbocycles. The average Bonchev–Trinajstić information content (AvgIpc) is 2.17. The van der Waals surface area contributed by atoms with E-state index in [1.54, 1.807) is 11.9 Å². The van der Waals surface area contributed by atoms with Crippen LogP contribution in [0.25, 0.3) is 0 Å². The van der Waals surface area contributed by atoms with Crippen molar-refractivity contribution in [2.75, 3.05) is 11.0 Å². The molecule has 0 saturated carbocycles. The highest BCUT2D eigenvalue weighted by Gasteiger charge is 1.97. The van der Waals surface area contributed by atoms with E-state index in [-0.39, 0.29) is 0 Å². The summed E-state index contributed by atoms with van der Waals surface area (Å²) < 4.78 is 3.21. The molecule has 0 amide bonds. The predicted molar refractivity (Wildman–Crippen MR) is 70.0 cm³/mol. The summed E-state index contributed by atoms with van der Waals surface area (Å²) >= 11 is 3.60. The fourth-order valence-electron chi connectivity index (χ4n) is 1.05. The minimum Gasteiger partial charge on any atom is -0.330 e. The van der Waals surface area contributed by atoms with Gasteiger partial charge in [0.1, 0.15) is 0 Å². The van der Waals surface area contributed by atoms with Crippen molar-refractivity contribution in [1.82, 2.24) is 0 Å². The van der Waals surface area contributed by atoms with Crippen molar-refractivity contribution in [3.05, 3.63) is 29.8 Å². The predicted octanol–water partition coefficient (Wildman–Crippen LogP) is 4.02. The summed E-state index contributed by atoms with van der Waals surface area (Å²) in [5, 5.41) is 0.707. The van der Waals surface area contributed by atoms with Gasteiger partial charge in [-0.3, -0.25) is 0 Å². The van der Waals surface area contributed by atoms with E-state index in [0.717, 1.165) is 5.75 Å². The standard InChI is InChI=1S/C11H17NS2/c1-9(2)14-8-10-4-6-11(7-5-10)12-13-3/h4-7,9,12H,8H2,1-3H3. The summed E-state index contributed by atoms with van der Waals surface area (Å²) in [6.07, 6.45) is 2.03. The number of thioether (sulfide) groups is 1. The van der Waals surface area contributed by atoms with E-state index in [1.807, 2.05) is 18.0 Å². The molecule has 0 fully saturated rings. The van der Waals surface area contributed by atoms with E-state index in [4.69, 9.17) is 0 Å². The maximum absolute atomic E-state index is 3.21. The second kappa shape index (κ2) is 6.25. The first-order chi connectivity index (χ1) is 6.72. The molecule has 0 atom stereocenters. The van der Waals surface area contributed by atoms with Crippen LogP contribution < -0.4 is 4.72 Å². The lowest BCUT2D eigenvalue weighted by atomic mass is 10.2. The van der Waals surface area contributed by atoms with E-state index in [0.29, 0.717) is 5.25 Å². The minimum atomic E-state index is 0.707. The van der Waals surface area contributed by atoms with Crippen molar-refractivity contribution in [3.63, 3.8) is 0 Å². The van der Waals surface area contributed by atoms with Gasteiger partial charge in [-0.15, -0.1) is 0 Å². The third-order valence-electron chi connectivity index (χ3n) is 1.76. The summed E-state index contributed by atoms with van der Waals surface area (Å²) in [6, 6.07) is 8.64. The Hall–Kier alpha value is -0.280. The van der Waals surface area contributed by atoms with Crippen molar-refractivity contribution >= 4 is 29.4 Å².